The third kappa shape index (κ3) is 2.72. The third-order valence-electron chi connectivity index (χ3n) is 4.93. The van der Waals surface area contributed by atoms with Crippen molar-refractivity contribution in [3.8, 4) is 17.6 Å². The van der Waals surface area contributed by atoms with Crippen LogP contribution in [0.3, 0.4) is 0 Å². The highest BCUT2D eigenvalue weighted by Crippen LogP contribution is 2.37. The van der Waals surface area contributed by atoms with Crippen molar-refractivity contribution in [3.63, 3.8) is 0 Å². The van der Waals surface area contributed by atoms with E-state index in [9.17, 15) is 10.4 Å². The van der Waals surface area contributed by atoms with E-state index >= 15 is 0 Å². The summed E-state index contributed by atoms with van der Waals surface area (Å²) in [6, 6.07) is 11.6. The third-order valence-corrected chi connectivity index (χ3v) is 4.93. The number of methoxy groups -OCH3 is 1. The average molecular weight is 348 g/mol. The molecule has 6 heteroatoms. The molecule has 1 aromatic heterocycles. The molecule has 1 aliphatic rings. The lowest BCUT2D eigenvalue weighted by Gasteiger charge is -2.19. The minimum Gasteiger partial charge on any atom is -0.506 e. The number of hydrogen-bond acceptors (Lipinski definition) is 5. The number of ether oxygens (including phenoxy) is 1. The zero-order valence-electron chi connectivity index (χ0n) is 14.6. The van der Waals surface area contributed by atoms with E-state index in [1.165, 1.54) is 0 Å². The number of phenolic OH excluding ortho intramolecular Hbond substituents is 1. The van der Waals surface area contributed by atoms with Crippen LogP contribution in [0.1, 0.15) is 24.0 Å². The largest absolute Gasteiger partial charge is 0.506 e. The molecule has 1 fully saturated rings. The summed E-state index contributed by atoms with van der Waals surface area (Å²) in [4.78, 5) is 2.25. The van der Waals surface area contributed by atoms with Crippen LogP contribution in [0.2, 0.25) is 0 Å². The summed E-state index contributed by atoms with van der Waals surface area (Å²) in [7, 11) is 1.64. The molecule has 1 aliphatic heterocycles. The first-order valence-electron chi connectivity index (χ1n) is 8.70. The summed E-state index contributed by atoms with van der Waals surface area (Å²) < 4.78 is 6.98. The highest BCUT2D eigenvalue weighted by atomic mass is 16.5. The summed E-state index contributed by atoms with van der Waals surface area (Å²) >= 11 is 0. The average Bonchev–Trinajstić information content (AvgIpc) is 3.33. The lowest BCUT2D eigenvalue weighted by molar-refractivity contribution is 0.414. The Morgan fingerprint density at radius 2 is 1.96 bits per heavy atom. The topological polar surface area (TPSA) is 74.3 Å². The Labute approximate surface area is 151 Å². The van der Waals surface area contributed by atoms with Gasteiger partial charge in [-0.1, -0.05) is 12.1 Å². The summed E-state index contributed by atoms with van der Waals surface area (Å²) in [5.41, 5.74) is 2.96. The first-order chi connectivity index (χ1) is 12.7. The Hall–Kier alpha value is -3.20. The number of phenols is 1. The van der Waals surface area contributed by atoms with Crippen molar-refractivity contribution in [1.29, 1.82) is 5.26 Å². The van der Waals surface area contributed by atoms with Gasteiger partial charge in [-0.2, -0.15) is 10.4 Å². The van der Waals surface area contributed by atoms with Crippen LogP contribution in [0.4, 0.5) is 5.69 Å². The quantitative estimate of drug-likeness (QED) is 0.783. The molecule has 0 atom stereocenters. The molecule has 4 rings (SSSR count). The second kappa shape index (κ2) is 6.60. The van der Waals surface area contributed by atoms with Crippen molar-refractivity contribution in [2.75, 3.05) is 25.1 Å². The van der Waals surface area contributed by atoms with Gasteiger partial charge in [0.1, 0.15) is 23.1 Å². The molecule has 0 amide bonds. The van der Waals surface area contributed by atoms with Crippen LogP contribution >= 0.6 is 0 Å². The summed E-state index contributed by atoms with van der Waals surface area (Å²) in [5, 5.41) is 25.4. The van der Waals surface area contributed by atoms with Gasteiger partial charge in [0.25, 0.3) is 0 Å². The molecule has 0 spiro atoms. The predicted molar refractivity (Wildman–Crippen MR) is 99.7 cm³/mol. The van der Waals surface area contributed by atoms with Crippen molar-refractivity contribution in [2.24, 2.45) is 0 Å². The Morgan fingerprint density at radius 3 is 2.62 bits per heavy atom. The number of rotatable bonds is 4. The van der Waals surface area contributed by atoms with Gasteiger partial charge >= 0.3 is 0 Å². The van der Waals surface area contributed by atoms with E-state index in [0.717, 1.165) is 48.3 Å². The van der Waals surface area contributed by atoms with Gasteiger partial charge in [-0.15, -0.1) is 0 Å². The van der Waals surface area contributed by atoms with Gasteiger partial charge in [-0.05, 0) is 30.5 Å². The first kappa shape index (κ1) is 16.3. The van der Waals surface area contributed by atoms with E-state index in [0.29, 0.717) is 12.1 Å². The molecule has 132 valence electrons. The monoisotopic (exact) mass is 348 g/mol. The molecule has 2 heterocycles. The number of nitrogens with zero attached hydrogens (tertiary/aromatic N) is 4. The lowest BCUT2D eigenvalue weighted by atomic mass is 10.1. The van der Waals surface area contributed by atoms with Crippen molar-refractivity contribution < 1.29 is 9.84 Å². The second-order valence-electron chi connectivity index (χ2n) is 6.51. The first-order valence-corrected chi connectivity index (χ1v) is 8.70. The number of aromatic nitrogens is 2. The van der Waals surface area contributed by atoms with E-state index in [1.807, 2.05) is 24.3 Å². The summed E-state index contributed by atoms with van der Waals surface area (Å²) in [6.07, 6.45) is 4.08. The van der Waals surface area contributed by atoms with Crippen LogP contribution in [0, 0.1) is 11.3 Å². The maximum atomic E-state index is 10.4. The van der Waals surface area contributed by atoms with Gasteiger partial charge < -0.3 is 14.7 Å². The highest BCUT2D eigenvalue weighted by Gasteiger charge is 2.22. The minimum atomic E-state index is 0.0124. The molecule has 1 N–H and O–H groups in total. The molecule has 3 aromatic rings. The number of aromatic hydroxyl groups is 1. The Morgan fingerprint density at radius 1 is 1.23 bits per heavy atom. The Bertz CT molecular complexity index is 980. The van der Waals surface area contributed by atoms with Gasteiger partial charge in [0, 0.05) is 24.5 Å². The number of benzene rings is 2. The second-order valence-corrected chi connectivity index (χ2v) is 6.51. The van der Waals surface area contributed by atoms with E-state index < -0.39 is 0 Å². The SMILES string of the molecule is COc1ccc(Cn2ncc3c(N4CCCC4)cc(O)c(C#N)c32)cc1. The van der Waals surface area contributed by atoms with Crippen LogP contribution in [0.25, 0.3) is 10.9 Å². The van der Waals surface area contributed by atoms with Crippen molar-refractivity contribution in [1.82, 2.24) is 9.78 Å². The van der Waals surface area contributed by atoms with Crippen LogP contribution in [-0.4, -0.2) is 35.1 Å². The fourth-order valence-corrected chi connectivity index (χ4v) is 3.59. The fraction of sp³-hybridized carbons (Fsp3) is 0.300. The van der Waals surface area contributed by atoms with Crippen LogP contribution in [0.5, 0.6) is 11.5 Å². The minimum absolute atomic E-state index is 0.0124. The summed E-state index contributed by atoms with van der Waals surface area (Å²) in [6.45, 7) is 2.44. The van der Waals surface area contributed by atoms with E-state index in [1.54, 1.807) is 24.1 Å². The number of hydrogen-bond donors (Lipinski definition) is 1. The van der Waals surface area contributed by atoms with E-state index in [2.05, 4.69) is 16.1 Å². The van der Waals surface area contributed by atoms with Crippen LogP contribution in [-0.2, 0) is 6.54 Å². The van der Waals surface area contributed by atoms with Gasteiger partial charge in [0.15, 0.2) is 0 Å². The highest BCUT2D eigenvalue weighted by molar-refractivity contribution is 5.97. The standard InChI is InChI=1S/C20H20N4O2/c1-26-15-6-4-14(5-7-15)13-24-20-16(11-21)19(25)10-18(17(20)12-22-24)23-8-2-3-9-23/h4-7,10,12,25H,2-3,8-9,13H2,1H3. The Kier molecular flexibility index (Phi) is 4.13. The maximum Gasteiger partial charge on any atom is 0.137 e. The van der Waals surface area contributed by atoms with Crippen molar-refractivity contribution in [2.45, 2.75) is 19.4 Å². The molecular formula is C20H20N4O2. The molecule has 0 aliphatic carbocycles. The normalized spacial score (nSPS) is 13.9. The lowest BCUT2D eigenvalue weighted by Crippen LogP contribution is -2.18. The molecule has 1 saturated heterocycles. The molecule has 2 aromatic carbocycles. The van der Waals surface area contributed by atoms with Gasteiger partial charge in [0.05, 0.1) is 31.1 Å². The predicted octanol–water partition coefficient (Wildman–Crippen LogP) is 3.27. The number of anilines is 1. The molecule has 0 saturated carbocycles. The fourth-order valence-electron chi connectivity index (χ4n) is 3.59. The van der Waals surface area contributed by atoms with Gasteiger partial charge in [-0.25, -0.2) is 0 Å². The molecule has 6 nitrogen and oxygen atoms in total. The molecule has 26 heavy (non-hydrogen) atoms. The number of fused-ring (bicyclic) bond motifs is 1. The number of nitriles is 1. The van der Waals surface area contributed by atoms with Gasteiger partial charge in [0.2, 0.25) is 0 Å². The van der Waals surface area contributed by atoms with Crippen molar-refractivity contribution >= 4 is 16.6 Å². The van der Waals surface area contributed by atoms with Crippen LogP contribution < -0.4 is 9.64 Å². The van der Waals surface area contributed by atoms with E-state index in [-0.39, 0.29) is 11.3 Å². The van der Waals surface area contributed by atoms with Gasteiger partial charge in [-0.3, -0.25) is 4.68 Å². The summed E-state index contributed by atoms with van der Waals surface area (Å²) in [5.74, 6) is 0.809. The smallest absolute Gasteiger partial charge is 0.137 e. The van der Waals surface area contributed by atoms with Crippen LogP contribution in [0.15, 0.2) is 36.5 Å². The zero-order chi connectivity index (χ0) is 18.1. The maximum absolute atomic E-state index is 10.4. The van der Waals surface area contributed by atoms with E-state index in [4.69, 9.17) is 4.74 Å². The molecule has 0 bridgehead atoms. The Balaban J connectivity index is 1.81. The molecule has 0 unspecified atom stereocenters. The zero-order valence-corrected chi connectivity index (χ0v) is 14.6. The van der Waals surface area contributed by atoms with Crippen molar-refractivity contribution in [3.05, 3.63) is 47.7 Å². The molecular weight excluding hydrogens is 328 g/mol. The molecule has 0 radical (unpaired) electrons.